The summed E-state index contributed by atoms with van der Waals surface area (Å²) in [6.07, 6.45) is -1.01. The highest BCUT2D eigenvalue weighted by Gasteiger charge is 2.60. The fourth-order valence-corrected chi connectivity index (χ4v) is 4.19. The van der Waals surface area contributed by atoms with Crippen LogP contribution in [0.25, 0.3) is 0 Å². The molecule has 0 saturated carbocycles. The van der Waals surface area contributed by atoms with Gasteiger partial charge in [-0.05, 0) is 37.3 Å². The molecule has 0 unspecified atom stereocenters. The number of hydroxylamine groups is 1. The maximum absolute atomic E-state index is 14.8. The van der Waals surface area contributed by atoms with Crippen molar-refractivity contribution in [3.63, 3.8) is 0 Å². The summed E-state index contributed by atoms with van der Waals surface area (Å²) in [7, 11) is 0. The first-order chi connectivity index (χ1) is 14.6. The minimum atomic E-state index is -1.01. The molecule has 2 amide bonds. The molecule has 5 rings (SSSR count). The van der Waals surface area contributed by atoms with Crippen molar-refractivity contribution in [2.45, 2.75) is 19.1 Å². The Morgan fingerprint density at radius 2 is 1.47 bits per heavy atom. The molecular weight excluding hydrogens is 383 g/mol. The molecule has 150 valence electrons. The summed E-state index contributed by atoms with van der Waals surface area (Å²) in [6.45, 7) is 1.93. The number of carbonyl (C=O) groups excluding carboxylic acids is 2. The first-order valence-corrected chi connectivity index (χ1v) is 9.76. The van der Waals surface area contributed by atoms with Gasteiger partial charge in [0.2, 0.25) is 5.91 Å². The van der Waals surface area contributed by atoms with E-state index in [1.165, 1.54) is 11.1 Å². The van der Waals surface area contributed by atoms with E-state index >= 15 is 0 Å². The number of carbonyl (C=O) groups is 2. The number of fused-ring (bicyclic) bond motifs is 1. The minimum Gasteiger partial charge on any atom is -0.273 e. The summed E-state index contributed by atoms with van der Waals surface area (Å²) in [6, 6.07) is 21.8. The minimum absolute atomic E-state index is 0.320. The second-order valence-electron chi connectivity index (χ2n) is 7.53. The number of anilines is 2. The van der Waals surface area contributed by atoms with E-state index in [0.29, 0.717) is 16.9 Å². The van der Waals surface area contributed by atoms with E-state index in [4.69, 9.17) is 4.84 Å². The van der Waals surface area contributed by atoms with Crippen LogP contribution in [-0.2, 0) is 14.4 Å². The maximum atomic E-state index is 14.8. The van der Waals surface area contributed by atoms with Crippen molar-refractivity contribution in [3.8, 4) is 0 Å². The molecule has 2 heterocycles. The third-order valence-electron chi connectivity index (χ3n) is 5.64. The third kappa shape index (κ3) is 2.80. The molecule has 2 fully saturated rings. The van der Waals surface area contributed by atoms with Crippen LogP contribution in [0.3, 0.4) is 0 Å². The van der Waals surface area contributed by atoms with Crippen LogP contribution in [0.2, 0.25) is 0 Å². The van der Waals surface area contributed by atoms with Gasteiger partial charge < -0.3 is 0 Å². The highest BCUT2D eigenvalue weighted by molar-refractivity contribution is 6.23. The lowest BCUT2D eigenvalue weighted by atomic mass is 9.90. The Bertz CT molecular complexity index is 1120. The number of halogens is 1. The van der Waals surface area contributed by atoms with Crippen molar-refractivity contribution < 1.29 is 18.8 Å². The quantitative estimate of drug-likeness (QED) is 0.617. The van der Waals surface area contributed by atoms with Gasteiger partial charge in [0, 0.05) is 5.56 Å². The van der Waals surface area contributed by atoms with Gasteiger partial charge in [0.1, 0.15) is 11.7 Å². The third-order valence-corrected chi connectivity index (χ3v) is 5.64. The van der Waals surface area contributed by atoms with E-state index in [0.717, 1.165) is 10.5 Å². The summed E-state index contributed by atoms with van der Waals surface area (Å²) >= 11 is 0. The van der Waals surface area contributed by atoms with Gasteiger partial charge >= 0.3 is 0 Å². The van der Waals surface area contributed by atoms with Gasteiger partial charge in [0.25, 0.3) is 5.91 Å². The Balaban J connectivity index is 1.60. The molecular formula is C24H19FN2O3. The van der Waals surface area contributed by atoms with Crippen LogP contribution in [0.1, 0.15) is 17.2 Å². The summed E-state index contributed by atoms with van der Waals surface area (Å²) in [4.78, 5) is 33.8. The molecule has 0 aromatic heterocycles. The van der Waals surface area contributed by atoms with Crippen molar-refractivity contribution >= 4 is 23.2 Å². The molecule has 3 aromatic rings. The highest BCUT2D eigenvalue weighted by Crippen LogP contribution is 2.48. The number of aryl methyl sites for hydroxylation is 1. The lowest BCUT2D eigenvalue weighted by molar-refractivity contribution is -0.126. The van der Waals surface area contributed by atoms with Crippen LogP contribution in [0.15, 0.2) is 78.9 Å². The zero-order chi connectivity index (χ0) is 20.8. The van der Waals surface area contributed by atoms with Crippen molar-refractivity contribution in [1.29, 1.82) is 0 Å². The summed E-state index contributed by atoms with van der Waals surface area (Å²) in [5, 5.41) is 1.50. The lowest BCUT2D eigenvalue weighted by Crippen LogP contribution is -2.37. The SMILES string of the molecule is Cc1ccc(N2C(=O)[C@H]3[C@@H](c4ccccc4F)N(c4ccccc4)O[C@H]3C2=O)cc1. The standard InChI is InChI=1S/C24H19FN2O3/c1-15-11-13-16(14-12-15)26-23(28)20-21(18-9-5-6-10-19(18)25)27(30-22(20)24(26)29)17-7-3-2-4-8-17/h2-14,20-22H,1H3/t20-,21+,22+/m0/s1. The molecule has 0 aliphatic carbocycles. The highest BCUT2D eigenvalue weighted by atomic mass is 19.1. The number of nitrogens with zero attached hydrogens (tertiary/aromatic N) is 2. The van der Waals surface area contributed by atoms with Gasteiger partial charge in [0.15, 0.2) is 6.10 Å². The number of hydrogen-bond donors (Lipinski definition) is 0. The Labute approximate surface area is 173 Å². The molecule has 0 N–H and O–H groups in total. The number of hydrogen-bond acceptors (Lipinski definition) is 4. The van der Waals surface area contributed by atoms with Gasteiger partial charge in [-0.1, -0.05) is 54.1 Å². The average Bonchev–Trinajstić information content (AvgIpc) is 3.26. The maximum Gasteiger partial charge on any atom is 0.266 e. The first-order valence-electron chi connectivity index (χ1n) is 9.76. The molecule has 0 spiro atoms. The molecule has 2 saturated heterocycles. The van der Waals surface area contributed by atoms with Gasteiger partial charge in [-0.3, -0.25) is 14.4 Å². The Kier molecular flexibility index (Phi) is 4.37. The predicted octanol–water partition coefficient (Wildman–Crippen LogP) is 4.19. The smallest absolute Gasteiger partial charge is 0.266 e. The van der Waals surface area contributed by atoms with Crippen LogP contribution >= 0.6 is 0 Å². The van der Waals surface area contributed by atoms with Gasteiger partial charge in [-0.25, -0.2) is 14.4 Å². The van der Waals surface area contributed by atoms with Gasteiger partial charge in [-0.15, -0.1) is 0 Å². The average molecular weight is 402 g/mol. The molecule has 5 nitrogen and oxygen atoms in total. The van der Waals surface area contributed by atoms with Crippen LogP contribution < -0.4 is 9.96 Å². The number of amides is 2. The van der Waals surface area contributed by atoms with Crippen LogP contribution in [-0.4, -0.2) is 17.9 Å². The van der Waals surface area contributed by atoms with Gasteiger partial charge in [-0.2, -0.15) is 0 Å². The molecule has 0 radical (unpaired) electrons. The summed E-state index contributed by atoms with van der Waals surface area (Å²) in [5.74, 6) is -2.12. The molecule has 3 atom stereocenters. The predicted molar refractivity (Wildman–Crippen MR) is 110 cm³/mol. The zero-order valence-electron chi connectivity index (χ0n) is 16.2. The molecule has 3 aromatic carbocycles. The monoisotopic (exact) mass is 402 g/mol. The van der Waals surface area contributed by atoms with Crippen molar-refractivity contribution in [1.82, 2.24) is 0 Å². The second kappa shape index (κ2) is 7.07. The number of imide groups is 1. The zero-order valence-corrected chi connectivity index (χ0v) is 16.2. The lowest BCUT2D eigenvalue weighted by Gasteiger charge is -2.29. The Morgan fingerprint density at radius 1 is 0.800 bits per heavy atom. The van der Waals surface area contributed by atoms with Gasteiger partial charge in [0.05, 0.1) is 17.4 Å². The Morgan fingerprint density at radius 3 is 2.17 bits per heavy atom. The van der Waals surface area contributed by atoms with Crippen molar-refractivity contribution in [3.05, 3.63) is 95.8 Å². The van der Waals surface area contributed by atoms with E-state index in [2.05, 4.69) is 0 Å². The normalized spacial score (nSPS) is 23.2. The van der Waals surface area contributed by atoms with Crippen molar-refractivity contribution in [2.24, 2.45) is 5.92 Å². The molecule has 2 aliphatic rings. The number of benzene rings is 3. The Hall–Kier alpha value is -3.51. The summed E-state index contributed by atoms with van der Waals surface area (Å²) in [5.41, 5.74) is 2.49. The molecule has 2 aliphatic heterocycles. The van der Waals surface area contributed by atoms with E-state index in [1.54, 1.807) is 30.3 Å². The largest absolute Gasteiger partial charge is 0.273 e. The van der Waals surface area contributed by atoms with E-state index in [1.807, 2.05) is 49.4 Å². The van der Waals surface area contributed by atoms with Crippen LogP contribution in [0.5, 0.6) is 0 Å². The number of para-hydroxylation sites is 1. The van der Waals surface area contributed by atoms with Crippen LogP contribution in [0.4, 0.5) is 15.8 Å². The van der Waals surface area contributed by atoms with Crippen LogP contribution in [0, 0.1) is 18.7 Å². The molecule has 6 heteroatoms. The second-order valence-corrected chi connectivity index (χ2v) is 7.53. The summed E-state index contributed by atoms with van der Waals surface area (Å²) < 4.78 is 14.8. The van der Waals surface area contributed by atoms with E-state index in [-0.39, 0.29) is 5.91 Å². The van der Waals surface area contributed by atoms with Crippen molar-refractivity contribution in [2.75, 3.05) is 9.96 Å². The topological polar surface area (TPSA) is 49.9 Å². The molecule has 30 heavy (non-hydrogen) atoms. The molecule has 0 bridgehead atoms. The fourth-order valence-electron chi connectivity index (χ4n) is 4.19. The van der Waals surface area contributed by atoms with E-state index < -0.39 is 29.8 Å². The first kappa shape index (κ1) is 18.5. The van der Waals surface area contributed by atoms with E-state index in [9.17, 15) is 14.0 Å². The number of rotatable bonds is 3. The fraction of sp³-hybridized carbons (Fsp3) is 0.167.